The summed E-state index contributed by atoms with van der Waals surface area (Å²) in [6.07, 6.45) is -0.623. The van der Waals surface area contributed by atoms with Crippen molar-refractivity contribution in [3.8, 4) is 5.75 Å². The predicted molar refractivity (Wildman–Crippen MR) is 57.2 cm³/mol. The van der Waals surface area contributed by atoms with Crippen LogP contribution in [0.2, 0.25) is 0 Å². The number of ether oxygens (including phenoxy) is 1. The summed E-state index contributed by atoms with van der Waals surface area (Å²) < 4.78 is 18.6. The minimum Gasteiger partial charge on any atom is -0.483 e. The number of Topliss-reactive ketones (excluding diaryl/α,β-unsaturated/α-hetero) is 2. The fraction of sp³-hybridized carbons (Fsp3) is 0.333. The molecule has 0 saturated carbocycles. The van der Waals surface area contributed by atoms with E-state index in [0.717, 1.165) is 6.07 Å². The lowest BCUT2D eigenvalue weighted by Gasteiger charge is -2.11. The average molecular weight is 224 g/mol. The Morgan fingerprint density at radius 3 is 2.38 bits per heavy atom. The van der Waals surface area contributed by atoms with Crippen molar-refractivity contribution in [1.29, 1.82) is 0 Å². The van der Waals surface area contributed by atoms with E-state index in [1.54, 1.807) is 6.92 Å². The molecule has 1 rings (SSSR count). The summed E-state index contributed by atoms with van der Waals surface area (Å²) in [5.74, 6) is -0.884. The number of hydrogen-bond acceptors (Lipinski definition) is 3. The summed E-state index contributed by atoms with van der Waals surface area (Å²) in [4.78, 5) is 21.9. The first-order valence-electron chi connectivity index (χ1n) is 4.89. The number of benzene rings is 1. The molecule has 0 N–H and O–H groups in total. The van der Waals surface area contributed by atoms with Gasteiger partial charge >= 0.3 is 0 Å². The van der Waals surface area contributed by atoms with Gasteiger partial charge in [0.05, 0.1) is 5.56 Å². The Labute approximate surface area is 93.2 Å². The van der Waals surface area contributed by atoms with Gasteiger partial charge in [0, 0.05) is 6.07 Å². The van der Waals surface area contributed by atoms with Crippen molar-refractivity contribution in [2.75, 3.05) is 0 Å². The van der Waals surface area contributed by atoms with E-state index < -0.39 is 11.9 Å². The molecule has 0 bridgehead atoms. The molecule has 0 aliphatic heterocycles. The molecule has 0 spiro atoms. The van der Waals surface area contributed by atoms with E-state index in [4.69, 9.17) is 4.74 Å². The molecule has 1 aromatic rings. The second kappa shape index (κ2) is 4.88. The normalized spacial score (nSPS) is 12.0. The molecule has 1 aromatic carbocycles. The molecule has 16 heavy (non-hydrogen) atoms. The predicted octanol–water partition coefficient (Wildman–Crippen LogP) is 2.38. The summed E-state index contributed by atoms with van der Waals surface area (Å²) in [5, 5.41) is 0. The molecule has 0 saturated heterocycles. The van der Waals surface area contributed by atoms with Gasteiger partial charge in [-0.15, -0.1) is 0 Å². The van der Waals surface area contributed by atoms with E-state index >= 15 is 0 Å². The number of hydrogen-bond donors (Lipinski definition) is 0. The van der Waals surface area contributed by atoms with Gasteiger partial charge in [0.15, 0.2) is 17.7 Å². The Bertz CT molecular complexity index is 426. The van der Waals surface area contributed by atoms with E-state index in [9.17, 15) is 14.0 Å². The van der Waals surface area contributed by atoms with Gasteiger partial charge in [0.2, 0.25) is 0 Å². The Morgan fingerprint density at radius 1 is 1.31 bits per heavy atom. The molecule has 1 unspecified atom stereocenters. The number of ketones is 2. The number of halogens is 1. The van der Waals surface area contributed by atoms with E-state index in [2.05, 4.69) is 0 Å². The second-order valence-corrected chi connectivity index (χ2v) is 3.57. The van der Waals surface area contributed by atoms with E-state index in [1.807, 2.05) is 0 Å². The first-order valence-corrected chi connectivity index (χ1v) is 4.89. The summed E-state index contributed by atoms with van der Waals surface area (Å²) >= 11 is 0. The van der Waals surface area contributed by atoms with Crippen LogP contribution in [-0.4, -0.2) is 17.7 Å². The largest absolute Gasteiger partial charge is 0.483 e. The zero-order valence-corrected chi connectivity index (χ0v) is 9.41. The van der Waals surface area contributed by atoms with Crippen LogP contribution in [0.3, 0.4) is 0 Å². The topological polar surface area (TPSA) is 43.4 Å². The van der Waals surface area contributed by atoms with Crippen LogP contribution in [0, 0.1) is 5.82 Å². The Kier molecular flexibility index (Phi) is 3.77. The molecule has 3 nitrogen and oxygen atoms in total. The maximum Gasteiger partial charge on any atom is 0.169 e. The maximum absolute atomic E-state index is 13.4. The van der Waals surface area contributed by atoms with Crippen molar-refractivity contribution in [3.63, 3.8) is 0 Å². The molecule has 0 heterocycles. The quantitative estimate of drug-likeness (QED) is 0.737. The van der Waals surface area contributed by atoms with Crippen LogP contribution in [0.15, 0.2) is 18.2 Å². The third-order valence-electron chi connectivity index (χ3n) is 2.21. The van der Waals surface area contributed by atoms with Crippen LogP contribution in [0.5, 0.6) is 5.75 Å². The van der Waals surface area contributed by atoms with Crippen molar-refractivity contribution in [1.82, 2.24) is 0 Å². The number of rotatable bonds is 4. The van der Waals surface area contributed by atoms with Crippen LogP contribution >= 0.6 is 0 Å². The first kappa shape index (κ1) is 12.4. The van der Waals surface area contributed by atoms with Crippen molar-refractivity contribution >= 4 is 11.6 Å². The Hall–Kier alpha value is -1.71. The Balaban J connectivity index is 2.89. The summed E-state index contributed by atoms with van der Waals surface area (Å²) in [7, 11) is 0. The van der Waals surface area contributed by atoms with Crippen LogP contribution in [0.1, 0.15) is 31.1 Å². The third kappa shape index (κ3) is 2.89. The number of carbonyl (C=O) groups excluding carboxylic acids is 2. The van der Waals surface area contributed by atoms with Crippen molar-refractivity contribution < 1.29 is 18.7 Å². The lowest BCUT2D eigenvalue weighted by atomic mass is 10.1. The van der Waals surface area contributed by atoms with Crippen LogP contribution in [0.25, 0.3) is 0 Å². The van der Waals surface area contributed by atoms with Gasteiger partial charge in [0.1, 0.15) is 11.6 Å². The van der Waals surface area contributed by atoms with Gasteiger partial charge in [-0.05, 0) is 32.9 Å². The van der Waals surface area contributed by atoms with Crippen LogP contribution < -0.4 is 4.74 Å². The van der Waals surface area contributed by atoms with Gasteiger partial charge in [-0.1, -0.05) is 0 Å². The number of carbonyl (C=O) groups is 2. The molecule has 86 valence electrons. The summed E-state index contributed by atoms with van der Waals surface area (Å²) in [6.45, 7) is 4.27. The van der Waals surface area contributed by atoms with Gasteiger partial charge in [-0.3, -0.25) is 9.59 Å². The Morgan fingerprint density at radius 2 is 1.94 bits per heavy atom. The van der Waals surface area contributed by atoms with Gasteiger partial charge in [0.25, 0.3) is 0 Å². The molecule has 0 radical (unpaired) electrons. The maximum atomic E-state index is 13.4. The van der Waals surface area contributed by atoms with Gasteiger partial charge < -0.3 is 4.74 Å². The zero-order chi connectivity index (χ0) is 12.3. The molecule has 0 amide bonds. The minimum atomic E-state index is -0.638. The van der Waals surface area contributed by atoms with Crippen molar-refractivity contribution in [2.24, 2.45) is 0 Å². The highest BCUT2D eigenvalue weighted by molar-refractivity contribution is 5.94. The monoisotopic (exact) mass is 224 g/mol. The minimum absolute atomic E-state index is 0.0165. The fourth-order valence-electron chi connectivity index (χ4n) is 1.14. The first-order chi connectivity index (χ1) is 7.41. The lowest BCUT2D eigenvalue weighted by molar-refractivity contribution is -0.122. The van der Waals surface area contributed by atoms with Crippen LogP contribution in [-0.2, 0) is 4.79 Å². The fourth-order valence-corrected chi connectivity index (χ4v) is 1.14. The third-order valence-corrected chi connectivity index (χ3v) is 2.21. The molecular formula is C12H13FO3. The van der Waals surface area contributed by atoms with Gasteiger partial charge in [-0.25, -0.2) is 4.39 Å². The molecule has 0 aliphatic carbocycles. The van der Waals surface area contributed by atoms with Gasteiger partial charge in [-0.2, -0.15) is 0 Å². The molecular weight excluding hydrogens is 211 g/mol. The van der Waals surface area contributed by atoms with Crippen molar-refractivity contribution in [2.45, 2.75) is 26.9 Å². The van der Waals surface area contributed by atoms with Crippen LogP contribution in [0.4, 0.5) is 4.39 Å². The zero-order valence-electron chi connectivity index (χ0n) is 9.41. The van der Waals surface area contributed by atoms with E-state index in [-0.39, 0.29) is 22.9 Å². The SMILES string of the molecule is CC(=O)c1ccc(OC(C)C(C)=O)cc1F. The van der Waals surface area contributed by atoms with E-state index in [0.29, 0.717) is 0 Å². The molecule has 1 atom stereocenters. The molecule has 0 fully saturated rings. The highest BCUT2D eigenvalue weighted by Crippen LogP contribution is 2.18. The summed E-state index contributed by atoms with van der Waals surface area (Å²) in [5.41, 5.74) is 0.0165. The van der Waals surface area contributed by atoms with Crippen molar-refractivity contribution in [3.05, 3.63) is 29.6 Å². The average Bonchev–Trinajstić information content (AvgIpc) is 2.16. The highest BCUT2D eigenvalue weighted by Gasteiger charge is 2.12. The molecule has 4 heteroatoms. The highest BCUT2D eigenvalue weighted by atomic mass is 19.1. The standard InChI is InChI=1S/C12H13FO3/c1-7(14)9(3)16-10-4-5-11(8(2)15)12(13)6-10/h4-6,9H,1-3H3. The molecule has 0 aromatic heterocycles. The molecule has 0 aliphatic rings. The second-order valence-electron chi connectivity index (χ2n) is 3.57. The smallest absolute Gasteiger partial charge is 0.169 e. The summed E-state index contributed by atoms with van der Waals surface area (Å²) in [6, 6.07) is 3.93. The van der Waals surface area contributed by atoms with E-state index in [1.165, 1.54) is 26.0 Å². The lowest BCUT2D eigenvalue weighted by Crippen LogP contribution is -2.20.